The molecule has 0 aliphatic heterocycles. The van der Waals surface area contributed by atoms with E-state index in [-0.39, 0.29) is 11.6 Å². The predicted octanol–water partition coefficient (Wildman–Crippen LogP) is 4.67. The van der Waals surface area contributed by atoms with E-state index in [1.54, 1.807) is 0 Å². The van der Waals surface area contributed by atoms with Gasteiger partial charge in [0.1, 0.15) is 5.60 Å². The number of carbonyl (C=O) groups is 2. The molecule has 4 heteroatoms. The summed E-state index contributed by atoms with van der Waals surface area (Å²) < 4.78 is 11.3. The van der Waals surface area contributed by atoms with Crippen LogP contribution in [0.2, 0.25) is 0 Å². The number of hydrogen-bond acceptors (Lipinski definition) is 4. The highest BCUT2D eigenvalue weighted by atomic mass is 16.6. The molecule has 0 heterocycles. The van der Waals surface area contributed by atoms with E-state index in [1.807, 2.05) is 0 Å². The number of ether oxygens (including phenoxy) is 2. The Bertz CT molecular complexity index is 548. The Balaban J connectivity index is 1.57. The number of hydrogen-bond donors (Lipinski definition) is 0. The fourth-order valence-electron chi connectivity index (χ4n) is 6.47. The van der Waals surface area contributed by atoms with Crippen molar-refractivity contribution in [2.45, 2.75) is 77.7 Å². The Morgan fingerprint density at radius 3 is 2.35 bits per heavy atom. The molecule has 0 saturated heterocycles. The average Bonchev–Trinajstić information content (AvgIpc) is 2.55. The first kappa shape index (κ1) is 19.4. The molecule has 4 saturated carbocycles. The summed E-state index contributed by atoms with van der Waals surface area (Å²) in [5.41, 5.74) is 0.207. The van der Waals surface area contributed by atoms with Gasteiger partial charge in [-0.3, -0.25) is 4.79 Å². The molecule has 4 aliphatic carbocycles. The lowest BCUT2D eigenvalue weighted by molar-refractivity contribution is -0.238. The van der Waals surface area contributed by atoms with Crippen LogP contribution in [0, 0.1) is 29.1 Å². The molecule has 0 radical (unpaired) electrons. The fourth-order valence-corrected chi connectivity index (χ4v) is 6.47. The van der Waals surface area contributed by atoms with Crippen LogP contribution in [0.15, 0.2) is 12.7 Å². The molecule has 0 aromatic heterocycles. The number of unbranched alkanes of at least 4 members (excludes halogenated alkanes) is 1. The SMILES string of the molecule is C=CC(=O)OCCCCC(=O)OC1(C(C)C)C2CC3CC1CC(C)(C3)C2. The molecule has 4 bridgehead atoms. The minimum absolute atomic E-state index is 0.0774. The highest BCUT2D eigenvalue weighted by Gasteiger charge is 2.63. The van der Waals surface area contributed by atoms with Crippen molar-refractivity contribution in [2.24, 2.45) is 29.1 Å². The smallest absolute Gasteiger partial charge is 0.330 e. The Morgan fingerprint density at radius 2 is 1.81 bits per heavy atom. The highest BCUT2D eigenvalue weighted by molar-refractivity contribution is 5.81. The third kappa shape index (κ3) is 3.57. The van der Waals surface area contributed by atoms with Gasteiger partial charge in [-0.05, 0) is 62.2 Å². The first-order chi connectivity index (χ1) is 12.3. The van der Waals surface area contributed by atoms with Crippen LogP contribution in [-0.2, 0) is 19.1 Å². The molecule has 0 aromatic rings. The molecule has 2 unspecified atom stereocenters. The molecule has 4 nitrogen and oxygen atoms in total. The minimum atomic E-state index is -0.409. The Morgan fingerprint density at radius 1 is 1.15 bits per heavy atom. The highest BCUT2D eigenvalue weighted by Crippen LogP contribution is 2.66. The summed E-state index contributed by atoms with van der Waals surface area (Å²) in [5, 5.41) is 0. The molecule has 4 rings (SSSR count). The van der Waals surface area contributed by atoms with Crippen molar-refractivity contribution < 1.29 is 19.1 Å². The summed E-state index contributed by atoms with van der Waals surface area (Å²) in [4.78, 5) is 23.7. The van der Waals surface area contributed by atoms with Crippen LogP contribution in [0.1, 0.15) is 72.1 Å². The summed E-state index contributed by atoms with van der Waals surface area (Å²) in [5.74, 6) is 1.76. The monoisotopic (exact) mass is 362 g/mol. The van der Waals surface area contributed by atoms with Crippen molar-refractivity contribution in [3.05, 3.63) is 12.7 Å². The zero-order chi connectivity index (χ0) is 18.9. The second-order valence-corrected chi connectivity index (χ2v) is 9.47. The summed E-state index contributed by atoms with van der Waals surface area (Å²) in [6.45, 7) is 10.6. The lowest BCUT2D eigenvalue weighted by atomic mass is 9.43. The first-order valence-electron chi connectivity index (χ1n) is 10.3. The first-order valence-corrected chi connectivity index (χ1v) is 10.3. The fraction of sp³-hybridized carbons (Fsp3) is 0.818. The molecular formula is C22H34O4. The largest absolute Gasteiger partial charge is 0.463 e. The Kier molecular flexibility index (Phi) is 5.50. The Labute approximate surface area is 157 Å². The van der Waals surface area contributed by atoms with E-state index in [0.717, 1.165) is 12.0 Å². The summed E-state index contributed by atoms with van der Waals surface area (Å²) in [6.07, 6.45) is 9.18. The zero-order valence-corrected chi connectivity index (χ0v) is 16.6. The van der Waals surface area contributed by atoms with Gasteiger partial charge in [-0.15, -0.1) is 0 Å². The summed E-state index contributed by atoms with van der Waals surface area (Å²) >= 11 is 0. The molecule has 2 atom stereocenters. The average molecular weight is 363 g/mol. The van der Waals surface area contributed by atoms with Crippen molar-refractivity contribution in [1.82, 2.24) is 0 Å². The van der Waals surface area contributed by atoms with Gasteiger partial charge in [0.15, 0.2) is 0 Å². The van der Waals surface area contributed by atoms with Crippen LogP contribution in [0.4, 0.5) is 0 Å². The second kappa shape index (κ2) is 7.36. The quantitative estimate of drug-likeness (QED) is 0.358. The van der Waals surface area contributed by atoms with Crippen molar-refractivity contribution in [1.29, 1.82) is 0 Å². The van der Waals surface area contributed by atoms with Crippen LogP contribution >= 0.6 is 0 Å². The third-order valence-electron chi connectivity index (χ3n) is 7.15. The molecule has 0 N–H and O–H groups in total. The topological polar surface area (TPSA) is 52.6 Å². The Hall–Kier alpha value is -1.32. The van der Waals surface area contributed by atoms with Gasteiger partial charge >= 0.3 is 11.9 Å². The lowest BCUT2D eigenvalue weighted by Crippen LogP contribution is -2.64. The van der Waals surface area contributed by atoms with E-state index in [4.69, 9.17) is 9.47 Å². The molecule has 0 spiro atoms. The van der Waals surface area contributed by atoms with E-state index < -0.39 is 5.97 Å². The van der Waals surface area contributed by atoms with E-state index in [0.29, 0.717) is 49.0 Å². The van der Waals surface area contributed by atoms with Gasteiger partial charge in [0.2, 0.25) is 0 Å². The van der Waals surface area contributed by atoms with Crippen LogP contribution in [0.25, 0.3) is 0 Å². The summed E-state index contributed by atoms with van der Waals surface area (Å²) in [6, 6.07) is 0. The van der Waals surface area contributed by atoms with Crippen molar-refractivity contribution in [3.63, 3.8) is 0 Å². The van der Waals surface area contributed by atoms with E-state index >= 15 is 0 Å². The van der Waals surface area contributed by atoms with Gasteiger partial charge in [-0.25, -0.2) is 4.79 Å². The number of rotatable bonds is 8. The number of esters is 2. The van der Waals surface area contributed by atoms with Gasteiger partial charge in [-0.2, -0.15) is 0 Å². The lowest BCUT2D eigenvalue weighted by Gasteiger charge is -2.65. The molecule has 4 aliphatic rings. The maximum atomic E-state index is 12.6. The standard InChI is InChI=1S/C22H34O4/c1-5-19(23)25-9-7-6-8-20(24)26-22(15(2)3)17-10-16-11-18(22)14-21(4,12-16)13-17/h5,15-18H,1,6-14H2,2-4H3. The molecule has 0 aromatic carbocycles. The molecular weight excluding hydrogens is 328 g/mol. The van der Waals surface area contributed by atoms with Crippen molar-refractivity contribution in [3.8, 4) is 0 Å². The molecule has 26 heavy (non-hydrogen) atoms. The normalized spacial score (nSPS) is 37.6. The van der Waals surface area contributed by atoms with Gasteiger partial charge < -0.3 is 9.47 Å². The maximum Gasteiger partial charge on any atom is 0.330 e. The molecule has 4 fully saturated rings. The maximum absolute atomic E-state index is 12.6. The molecule has 0 amide bonds. The van der Waals surface area contributed by atoms with Crippen molar-refractivity contribution >= 4 is 11.9 Å². The van der Waals surface area contributed by atoms with E-state index in [2.05, 4.69) is 27.4 Å². The van der Waals surface area contributed by atoms with Gasteiger partial charge in [0.25, 0.3) is 0 Å². The minimum Gasteiger partial charge on any atom is -0.463 e. The van der Waals surface area contributed by atoms with Gasteiger partial charge in [-0.1, -0.05) is 27.4 Å². The van der Waals surface area contributed by atoms with Gasteiger partial charge in [0, 0.05) is 24.3 Å². The number of carbonyl (C=O) groups excluding carboxylic acids is 2. The van der Waals surface area contributed by atoms with Crippen molar-refractivity contribution in [2.75, 3.05) is 6.61 Å². The van der Waals surface area contributed by atoms with E-state index in [9.17, 15) is 9.59 Å². The van der Waals surface area contributed by atoms with Crippen LogP contribution in [0.5, 0.6) is 0 Å². The van der Waals surface area contributed by atoms with Crippen LogP contribution in [-0.4, -0.2) is 24.1 Å². The van der Waals surface area contributed by atoms with Gasteiger partial charge in [0.05, 0.1) is 6.61 Å². The molecule has 146 valence electrons. The predicted molar refractivity (Wildman–Crippen MR) is 100 cm³/mol. The third-order valence-corrected chi connectivity index (χ3v) is 7.15. The van der Waals surface area contributed by atoms with Crippen LogP contribution in [0.3, 0.4) is 0 Å². The van der Waals surface area contributed by atoms with Crippen LogP contribution < -0.4 is 0 Å². The zero-order valence-electron chi connectivity index (χ0n) is 16.6. The second-order valence-electron chi connectivity index (χ2n) is 9.47. The van der Waals surface area contributed by atoms with E-state index in [1.165, 1.54) is 32.1 Å². The summed E-state index contributed by atoms with van der Waals surface area (Å²) in [7, 11) is 0.